The molecule has 5 heteroatoms. The van der Waals surface area contributed by atoms with Crippen molar-refractivity contribution >= 4 is 17.5 Å². The van der Waals surface area contributed by atoms with Gasteiger partial charge in [-0.05, 0) is 39.0 Å². The van der Waals surface area contributed by atoms with Crippen molar-refractivity contribution < 1.29 is 9.47 Å². The molecule has 0 bridgehead atoms. The molecule has 0 heterocycles. The van der Waals surface area contributed by atoms with Gasteiger partial charge in [-0.2, -0.15) is 0 Å². The zero-order valence-corrected chi connectivity index (χ0v) is 12.1. The summed E-state index contributed by atoms with van der Waals surface area (Å²) >= 11 is 6.13. The van der Waals surface area contributed by atoms with Gasteiger partial charge >= 0.3 is 0 Å². The van der Waals surface area contributed by atoms with Gasteiger partial charge in [0.1, 0.15) is 11.5 Å². The van der Waals surface area contributed by atoms with Crippen LogP contribution in [0.3, 0.4) is 0 Å². The number of halogens is 1. The van der Waals surface area contributed by atoms with Gasteiger partial charge in [0.2, 0.25) is 5.90 Å². The van der Waals surface area contributed by atoms with Gasteiger partial charge in [-0.25, -0.2) is 4.99 Å². The summed E-state index contributed by atoms with van der Waals surface area (Å²) in [6.07, 6.45) is 3.22. The van der Waals surface area contributed by atoms with Gasteiger partial charge in [-0.3, -0.25) is 0 Å². The highest BCUT2D eigenvalue weighted by molar-refractivity contribution is 6.32. The van der Waals surface area contributed by atoms with Crippen molar-refractivity contribution in [2.45, 2.75) is 26.9 Å². The zero-order valence-electron chi connectivity index (χ0n) is 11.4. The summed E-state index contributed by atoms with van der Waals surface area (Å²) in [6, 6.07) is 5.25. The van der Waals surface area contributed by atoms with Crippen LogP contribution in [0.1, 0.15) is 20.8 Å². The quantitative estimate of drug-likeness (QED) is 0.665. The van der Waals surface area contributed by atoms with Crippen LogP contribution in [0.4, 0.5) is 0 Å². The maximum Gasteiger partial charge on any atom is 0.215 e. The Morgan fingerprint density at radius 1 is 1.53 bits per heavy atom. The molecular formula is C14H19ClN2O2. The Balaban J connectivity index is 2.91. The summed E-state index contributed by atoms with van der Waals surface area (Å²) in [7, 11) is 0. The van der Waals surface area contributed by atoms with Crippen LogP contribution < -0.4 is 15.2 Å². The van der Waals surface area contributed by atoms with Crippen molar-refractivity contribution in [2.24, 2.45) is 10.7 Å². The minimum Gasteiger partial charge on any atom is -0.494 e. The third-order valence-corrected chi connectivity index (χ3v) is 2.36. The van der Waals surface area contributed by atoms with E-state index in [9.17, 15) is 0 Å². The van der Waals surface area contributed by atoms with Gasteiger partial charge in [0.25, 0.3) is 0 Å². The Kier molecular flexibility index (Phi) is 6.39. The molecule has 104 valence electrons. The predicted octanol–water partition coefficient (Wildman–Crippen LogP) is 3.40. The van der Waals surface area contributed by atoms with Crippen molar-refractivity contribution in [2.75, 3.05) is 6.61 Å². The Morgan fingerprint density at radius 2 is 2.26 bits per heavy atom. The van der Waals surface area contributed by atoms with E-state index in [2.05, 4.69) is 4.99 Å². The van der Waals surface area contributed by atoms with Crippen molar-refractivity contribution in [1.29, 1.82) is 0 Å². The molecule has 0 saturated heterocycles. The molecule has 0 aliphatic heterocycles. The number of rotatable bonds is 5. The summed E-state index contributed by atoms with van der Waals surface area (Å²) in [5.74, 6) is 1.64. The number of allylic oxidation sites excluding steroid dienone is 1. The number of aliphatic imine (C=N–C) groups is 1. The van der Waals surface area contributed by atoms with Crippen molar-refractivity contribution in [1.82, 2.24) is 0 Å². The summed E-state index contributed by atoms with van der Waals surface area (Å²) in [6.45, 7) is 6.15. The maximum absolute atomic E-state index is 6.13. The molecular weight excluding hydrogens is 264 g/mol. The predicted molar refractivity (Wildman–Crippen MR) is 79.1 cm³/mol. The normalized spacial score (nSPS) is 13.6. The average molecular weight is 283 g/mol. The molecule has 0 amide bonds. The molecule has 0 aromatic heterocycles. The Morgan fingerprint density at radius 3 is 2.79 bits per heavy atom. The van der Waals surface area contributed by atoms with E-state index in [4.69, 9.17) is 26.8 Å². The molecule has 4 nitrogen and oxygen atoms in total. The molecule has 1 atom stereocenters. The number of hydrogen-bond donors (Lipinski definition) is 1. The van der Waals surface area contributed by atoms with Gasteiger partial charge in [-0.15, -0.1) is 0 Å². The summed E-state index contributed by atoms with van der Waals surface area (Å²) in [5.41, 5.74) is 5.62. The summed E-state index contributed by atoms with van der Waals surface area (Å²) in [5, 5.41) is 0.466. The van der Waals surface area contributed by atoms with E-state index in [1.54, 1.807) is 31.2 Å². The topological polar surface area (TPSA) is 56.8 Å². The van der Waals surface area contributed by atoms with E-state index in [-0.39, 0.29) is 6.17 Å². The number of nitrogens with zero attached hydrogens (tertiary/aromatic N) is 1. The van der Waals surface area contributed by atoms with E-state index in [1.807, 2.05) is 19.9 Å². The number of nitrogens with two attached hydrogens (primary N) is 1. The highest BCUT2D eigenvalue weighted by Gasteiger charge is 2.07. The molecule has 2 N–H and O–H groups in total. The second-order valence-corrected chi connectivity index (χ2v) is 4.24. The SMILES string of the molecule is C/C=C\C(=N/C(C)N)Oc1ccc(OCC)cc1Cl. The van der Waals surface area contributed by atoms with Crippen LogP contribution in [0.15, 0.2) is 35.3 Å². The largest absolute Gasteiger partial charge is 0.494 e. The van der Waals surface area contributed by atoms with Crippen LogP contribution in [-0.4, -0.2) is 18.7 Å². The lowest BCUT2D eigenvalue weighted by molar-refractivity contribution is 0.340. The molecule has 0 fully saturated rings. The highest BCUT2D eigenvalue weighted by Crippen LogP contribution is 2.29. The second kappa shape index (κ2) is 7.81. The van der Waals surface area contributed by atoms with Crippen LogP contribution >= 0.6 is 11.6 Å². The monoisotopic (exact) mass is 282 g/mol. The Hall–Kier alpha value is -1.52. The number of ether oxygens (including phenoxy) is 2. The first-order valence-electron chi connectivity index (χ1n) is 6.13. The minimum atomic E-state index is -0.340. The number of hydrogen-bond acceptors (Lipinski definition) is 4. The molecule has 1 unspecified atom stereocenters. The second-order valence-electron chi connectivity index (χ2n) is 3.84. The van der Waals surface area contributed by atoms with Gasteiger partial charge in [0.15, 0.2) is 0 Å². The van der Waals surface area contributed by atoms with Crippen molar-refractivity contribution in [3.8, 4) is 11.5 Å². The van der Waals surface area contributed by atoms with Crippen molar-refractivity contribution in [3.63, 3.8) is 0 Å². The van der Waals surface area contributed by atoms with Gasteiger partial charge < -0.3 is 15.2 Å². The van der Waals surface area contributed by atoms with Crippen LogP contribution in [0, 0.1) is 0 Å². The first kappa shape index (κ1) is 15.5. The highest BCUT2D eigenvalue weighted by atomic mass is 35.5. The van der Waals surface area contributed by atoms with Crippen LogP contribution in [0.5, 0.6) is 11.5 Å². The zero-order chi connectivity index (χ0) is 14.3. The molecule has 0 spiro atoms. The van der Waals surface area contributed by atoms with Gasteiger partial charge in [-0.1, -0.05) is 17.7 Å². The molecule has 1 rings (SSSR count). The number of benzene rings is 1. The van der Waals surface area contributed by atoms with Gasteiger partial charge in [0, 0.05) is 6.07 Å². The molecule has 1 aromatic carbocycles. The Bertz CT molecular complexity index is 471. The molecule has 0 aliphatic carbocycles. The first-order chi connectivity index (χ1) is 9.06. The molecule has 19 heavy (non-hydrogen) atoms. The standard InChI is InChI=1S/C14H19ClN2O2/c1-4-6-14(17-10(3)16)19-13-8-7-11(18-5-2)9-12(13)15/h4,6-10H,5,16H2,1-3H3/b6-4-,17-14+. The van der Waals surface area contributed by atoms with E-state index < -0.39 is 0 Å². The average Bonchev–Trinajstić information content (AvgIpc) is 2.32. The fourth-order valence-electron chi connectivity index (χ4n) is 1.38. The van der Waals surface area contributed by atoms with Crippen LogP contribution in [-0.2, 0) is 0 Å². The summed E-state index contributed by atoms with van der Waals surface area (Å²) in [4.78, 5) is 4.16. The van der Waals surface area contributed by atoms with Crippen LogP contribution in [0.25, 0.3) is 0 Å². The third-order valence-electron chi connectivity index (χ3n) is 2.07. The van der Waals surface area contributed by atoms with E-state index in [1.165, 1.54) is 0 Å². The molecule has 0 radical (unpaired) electrons. The maximum atomic E-state index is 6.13. The Labute approximate surface area is 118 Å². The smallest absolute Gasteiger partial charge is 0.215 e. The minimum absolute atomic E-state index is 0.340. The van der Waals surface area contributed by atoms with Crippen LogP contribution in [0.2, 0.25) is 5.02 Å². The van der Waals surface area contributed by atoms with Gasteiger partial charge in [0.05, 0.1) is 17.8 Å². The van der Waals surface area contributed by atoms with E-state index in [0.29, 0.717) is 29.0 Å². The lowest BCUT2D eigenvalue weighted by Crippen LogP contribution is -2.17. The van der Waals surface area contributed by atoms with E-state index in [0.717, 1.165) is 0 Å². The first-order valence-corrected chi connectivity index (χ1v) is 6.50. The van der Waals surface area contributed by atoms with E-state index >= 15 is 0 Å². The third kappa shape index (κ3) is 5.32. The van der Waals surface area contributed by atoms with Crippen molar-refractivity contribution in [3.05, 3.63) is 35.4 Å². The fraction of sp³-hybridized carbons (Fsp3) is 0.357. The lowest BCUT2D eigenvalue weighted by atomic mass is 10.3. The molecule has 0 aliphatic rings. The fourth-order valence-corrected chi connectivity index (χ4v) is 1.59. The molecule has 1 aromatic rings. The lowest BCUT2D eigenvalue weighted by Gasteiger charge is -2.10. The molecule has 0 saturated carbocycles. The summed E-state index contributed by atoms with van der Waals surface area (Å²) < 4.78 is 11.0.